The quantitative estimate of drug-likeness (QED) is 0.266. The summed E-state index contributed by atoms with van der Waals surface area (Å²) in [4.78, 5) is 16.9. The number of rotatable bonds is 0. The molecule has 4 N–H and O–H groups in total. The third kappa shape index (κ3) is 460. The minimum atomic E-state index is 0. The first-order chi connectivity index (χ1) is 2.83. The SMILES string of the molecule is N[C-]=O.N[C-]=O.[Pd+2]. The van der Waals surface area contributed by atoms with E-state index in [1.807, 2.05) is 0 Å². The Labute approximate surface area is 54.9 Å². The largest absolute Gasteiger partial charge is 2.00 e. The Kier molecular flexibility index (Phi) is 105. The zero-order valence-corrected chi connectivity index (χ0v) is 4.84. The van der Waals surface area contributed by atoms with Crippen LogP contribution in [0.2, 0.25) is 0 Å². The smallest absolute Gasteiger partial charge is 0.543 e. The molecule has 0 aliphatic carbocycles. The van der Waals surface area contributed by atoms with Crippen LogP contribution in [0.25, 0.3) is 0 Å². The molecule has 0 aromatic carbocycles. The molecular formula is C2H4N2O2Pd. The fourth-order valence-corrected chi connectivity index (χ4v) is 0. The molecular weight excluding hydrogens is 190 g/mol. The fraction of sp³-hybridized carbons (Fsp3) is 0. The summed E-state index contributed by atoms with van der Waals surface area (Å²) in [7, 11) is 0. The Hall–Kier alpha value is -0.398. The molecule has 7 heavy (non-hydrogen) atoms. The first kappa shape index (κ1) is 16.0. The molecule has 0 radical (unpaired) electrons. The number of hydrogen-bond donors (Lipinski definition) is 2. The molecule has 0 aromatic heterocycles. The van der Waals surface area contributed by atoms with Crippen LogP contribution >= 0.6 is 0 Å². The molecule has 0 atom stereocenters. The van der Waals surface area contributed by atoms with E-state index in [-0.39, 0.29) is 20.4 Å². The molecule has 0 heterocycles. The van der Waals surface area contributed by atoms with E-state index < -0.39 is 0 Å². The van der Waals surface area contributed by atoms with Crippen LogP contribution in [0, 0.1) is 0 Å². The molecule has 44 valence electrons. The van der Waals surface area contributed by atoms with Gasteiger partial charge in [0.05, 0.1) is 0 Å². The number of carbonyl (C=O) groups excluding carboxylic acids is 2. The summed E-state index contributed by atoms with van der Waals surface area (Å²) in [5, 5.41) is 0. The molecule has 4 nitrogen and oxygen atoms in total. The van der Waals surface area contributed by atoms with Crippen molar-refractivity contribution in [1.29, 1.82) is 0 Å². The van der Waals surface area contributed by atoms with Crippen LogP contribution in [-0.4, -0.2) is 12.8 Å². The molecule has 0 saturated heterocycles. The van der Waals surface area contributed by atoms with E-state index in [1.54, 1.807) is 0 Å². The van der Waals surface area contributed by atoms with Crippen molar-refractivity contribution in [3.8, 4) is 0 Å². The van der Waals surface area contributed by atoms with E-state index in [0.717, 1.165) is 12.8 Å². The third-order valence-electron chi connectivity index (χ3n) is 0. The summed E-state index contributed by atoms with van der Waals surface area (Å²) in [6, 6.07) is 0. The summed E-state index contributed by atoms with van der Waals surface area (Å²) in [5.74, 6) is 0. The standard InChI is InChI=1S/2CH2NO.Pd/c2*2-1-3;/h2*(H2,2,3);/q2*-1;+2. The maximum atomic E-state index is 8.46. The van der Waals surface area contributed by atoms with Gasteiger partial charge >= 0.3 is 20.4 Å². The molecule has 2 amide bonds. The van der Waals surface area contributed by atoms with Gasteiger partial charge in [0.15, 0.2) is 0 Å². The van der Waals surface area contributed by atoms with Gasteiger partial charge in [0.1, 0.15) is 0 Å². The molecule has 0 bridgehead atoms. The van der Waals surface area contributed by atoms with Crippen molar-refractivity contribution in [2.45, 2.75) is 0 Å². The molecule has 0 fully saturated rings. The number of amides is 2. The predicted molar refractivity (Wildman–Crippen MR) is 19.8 cm³/mol. The van der Waals surface area contributed by atoms with E-state index >= 15 is 0 Å². The average Bonchev–Trinajstić information content (AvgIpc) is 1.39. The third-order valence-corrected chi connectivity index (χ3v) is 0. The van der Waals surface area contributed by atoms with Crippen LogP contribution < -0.4 is 11.5 Å². The zero-order valence-electron chi connectivity index (χ0n) is 3.29. The fourth-order valence-electron chi connectivity index (χ4n) is 0. The molecule has 0 spiro atoms. The average molecular weight is 194 g/mol. The van der Waals surface area contributed by atoms with Gasteiger partial charge in [-0.3, -0.25) is 0 Å². The Balaban J connectivity index is -0.0000000400. The van der Waals surface area contributed by atoms with Crippen LogP contribution in [0.3, 0.4) is 0 Å². The second-order valence-corrected chi connectivity index (χ2v) is 0.236. The van der Waals surface area contributed by atoms with Crippen LogP contribution in [0.4, 0.5) is 0 Å². The van der Waals surface area contributed by atoms with Crippen LogP contribution in [0.15, 0.2) is 0 Å². The van der Waals surface area contributed by atoms with E-state index in [1.165, 1.54) is 0 Å². The molecule has 0 unspecified atom stereocenters. The molecule has 0 rings (SSSR count). The van der Waals surface area contributed by atoms with Crippen molar-refractivity contribution in [3.63, 3.8) is 0 Å². The van der Waals surface area contributed by atoms with E-state index in [2.05, 4.69) is 11.5 Å². The molecule has 5 heteroatoms. The predicted octanol–water partition coefficient (Wildman–Crippen LogP) is -1.98. The second kappa shape index (κ2) is 46.2. The number of nitrogens with two attached hydrogens (primary N) is 2. The Morgan fingerprint density at radius 1 is 1.00 bits per heavy atom. The zero-order chi connectivity index (χ0) is 5.41. The van der Waals surface area contributed by atoms with Crippen molar-refractivity contribution in [3.05, 3.63) is 0 Å². The maximum Gasteiger partial charge on any atom is 2.00 e. The van der Waals surface area contributed by atoms with Gasteiger partial charge in [0.2, 0.25) is 0 Å². The Morgan fingerprint density at radius 2 is 1.00 bits per heavy atom. The van der Waals surface area contributed by atoms with E-state index in [4.69, 9.17) is 9.59 Å². The van der Waals surface area contributed by atoms with Gasteiger partial charge in [-0.1, -0.05) is 0 Å². The molecule has 0 aromatic rings. The van der Waals surface area contributed by atoms with E-state index in [9.17, 15) is 0 Å². The summed E-state index contributed by atoms with van der Waals surface area (Å²) in [6.45, 7) is 0. The van der Waals surface area contributed by atoms with Crippen molar-refractivity contribution in [1.82, 2.24) is 0 Å². The Bertz CT molecular complexity index is 34.7. The minimum absolute atomic E-state index is 0. The monoisotopic (exact) mass is 194 g/mol. The molecule has 0 aliphatic heterocycles. The normalized spacial score (nSPS) is 3.43. The first-order valence-electron chi connectivity index (χ1n) is 0.986. The van der Waals surface area contributed by atoms with Gasteiger partial charge in [0, 0.05) is 0 Å². The van der Waals surface area contributed by atoms with Crippen molar-refractivity contribution in [2.24, 2.45) is 11.5 Å². The van der Waals surface area contributed by atoms with Gasteiger partial charge in [-0.05, 0) is 0 Å². The van der Waals surface area contributed by atoms with Gasteiger partial charge in [-0.2, -0.15) is 12.8 Å². The Morgan fingerprint density at radius 3 is 1.00 bits per heavy atom. The van der Waals surface area contributed by atoms with Crippen molar-refractivity contribution >= 4 is 12.8 Å². The van der Waals surface area contributed by atoms with Gasteiger partial charge in [-0.25, -0.2) is 0 Å². The van der Waals surface area contributed by atoms with Crippen molar-refractivity contribution < 1.29 is 30.0 Å². The van der Waals surface area contributed by atoms with Crippen molar-refractivity contribution in [2.75, 3.05) is 0 Å². The summed E-state index contributed by atoms with van der Waals surface area (Å²) >= 11 is 0. The summed E-state index contributed by atoms with van der Waals surface area (Å²) < 4.78 is 0. The van der Waals surface area contributed by atoms with Crippen LogP contribution in [0.5, 0.6) is 0 Å². The summed E-state index contributed by atoms with van der Waals surface area (Å²) in [5.41, 5.74) is 8.08. The summed E-state index contributed by atoms with van der Waals surface area (Å²) in [6.07, 6.45) is 2.00. The maximum absolute atomic E-state index is 8.46. The first-order valence-corrected chi connectivity index (χ1v) is 0.986. The van der Waals surface area contributed by atoms with Gasteiger partial charge in [-0.15, -0.1) is 0 Å². The van der Waals surface area contributed by atoms with Gasteiger partial charge < -0.3 is 21.1 Å². The topological polar surface area (TPSA) is 86.2 Å². The molecule has 0 saturated carbocycles. The molecule has 0 aliphatic rings. The second-order valence-electron chi connectivity index (χ2n) is 0.236. The number of hydrogen-bond acceptors (Lipinski definition) is 2. The van der Waals surface area contributed by atoms with Crippen LogP contribution in [0.1, 0.15) is 0 Å². The minimum Gasteiger partial charge on any atom is -0.543 e. The number of primary amides is 2. The van der Waals surface area contributed by atoms with E-state index in [0.29, 0.717) is 0 Å². The van der Waals surface area contributed by atoms with Crippen LogP contribution in [-0.2, 0) is 30.0 Å². The van der Waals surface area contributed by atoms with Gasteiger partial charge in [0.25, 0.3) is 0 Å².